The van der Waals surface area contributed by atoms with Crippen LogP contribution in [-0.4, -0.2) is 26.1 Å². The SMILES string of the molecule is Cc1n[nH]c(C)c1[C@@H](C)NC(=O)c1c[nH]c(=O)cn1. The molecule has 2 heterocycles. The molecular weight excluding hydrogens is 246 g/mol. The van der Waals surface area contributed by atoms with Crippen molar-refractivity contribution in [3.05, 3.63) is 45.4 Å². The highest BCUT2D eigenvalue weighted by Gasteiger charge is 2.17. The van der Waals surface area contributed by atoms with Crippen LogP contribution in [0.15, 0.2) is 17.2 Å². The number of hydrogen-bond donors (Lipinski definition) is 3. The van der Waals surface area contributed by atoms with Gasteiger partial charge in [0.1, 0.15) is 5.69 Å². The van der Waals surface area contributed by atoms with Gasteiger partial charge in [-0.05, 0) is 20.8 Å². The second-order valence-corrected chi connectivity index (χ2v) is 4.34. The van der Waals surface area contributed by atoms with Gasteiger partial charge in [0.25, 0.3) is 11.5 Å². The molecule has 0 aliphatic heterocycles. The number of H-pyrrole nitrogens is 2. The van der Waals surface area contributed by atoms with Crippen molar-refractivity contribution in [3.8, 4) is 0 Å². The van der Waals surface area contributed by atoms with Crippen molar-refractivity contribution in [2.75, 3.05) is 0 Å². The molecule has 2 rings (SSSR count). The molecule has 0 saturated carbocycles. The van der Waals surface area contributed by atoms with E-state index in [1.807, 2.05) is 20.8 Å². The maximum atomic E-state index is 12.0. The van der Waals surface area contributed by atoms with Crippen LogP contribution < -0.4 is 10.9 Å². The summed E-state index contributed by atoms with van der Waals surface area (Å²) in [4.78, 5) is 29.0. The fraction of sp³-hybridized carbons (Fsp3) is 0.333. The van der Waals surface area contributed by atoms with E-state index < -0.39 is 0 Å². The van der Waals surface area contributed by atoms with Crippen LogP contribution in [0.25, 0.3) is 0 Å². The Hall–Kier alpha value is -2.44. The van der Waals surface area contributed by atoms with E-state index in [0.29, 0.717) is 0 Å². The molecule has 2 aromatic heterocycles. The molecule has 7 heteroatoms. The molecule has 0 saturated heterocycles. The number of hydrogen-bond acceptors (Lipinski definition) is 4. The number of nitrogens with zero attached hydrogens (tertiary/aromatic N) is 2. The van der Waals surface area contributed by atoms with E-state index in [0.717, 1.165) is 23.1 Å². The molecule has 3 N–H and O–H groups in total. The lowest BCUT2D eigenvalue weighted by Gasteiger charge is -2.14. The van der Waals surface area contributed by atoms with Gasteiger partial charge in [-0.3, -0.25) is 14.7 Å². The molecule has 19 heavy (non-hydrogen) atoms. The van der Waals surface area contributed by atoms with Crippen LogP contribution in [0.5, 0.6) is 0 Å². The molecule has 0 bridgehead atoms. The molecule has 0 aliphatic rings. The minimum absolute atomic E-state index is 0.172. The summed E-state index contributed by atoms with van der Waals surface area (Å²) in [6.45, 7) is 5.64. The van der Waals surface area contributed by atoms with Gasteiger partial charge in [-0.15, -0.1) is 0 Å². The summed E-state index contributed by atoms with van der Waals surface area (Å²) in [6, 6.07) is -0.194. The zero-order valence-electron chi connectivity index (χ0n) is 10.9. The van der Waals surface area contributed by atoms with Gasteiger partial charge in [-0.25, -0.2) is 4.98 Å². The fourth-order valence-corrected chi connectivity index (χ4v) is 2.01. The third-order valence-corrected chi connectivity index (χ3v) is 2.87. The van der Waals surface area contributed by atoms with Crippen molar-refractivity contribution < 1.29 is 4.79 Å². The predicted octanol–water partition coefficient (Wildman–Crippen LogP) is 0.601. The largest absolute Gasteiger partial charge is 0.344 e. The highest BCUT2D eigenvalue weighted by molar-refractivity contribution is 5.92. The maximum Gasteiger partial charge on any atom is 0.271 e. The molecule has 0 spiro atoms. The van der Waals surface area contributed by atoms with Crippen molar-refractivity contribution in [2.45, 2.75) is 26.8 Å². The van der Waals surface area contributed by atoms with E-state index in [1.54, 1.807) is 0 Å². The van der Waals surface area contributed by atoms with E-state index in [2.05, 4.69) is 25.5 Å². The smallest absolute Gasteiger partial charge is 0.271 e. The van der Waals surface area contributed by atoms with Crippen LogP contribution in [0.1, 0.15) is 40.4 Å². The first-order valence-electron chi connectivity index (χ1n) is 5.86. The number of amides is 1. The van der Waals surface area contributed by atoms with Crippen LogP contribution in [0.3, 0.4) is 0 Å². The Morgan fingerprint density at radius 2 is 2.16 bits per heavy atom. The summed E-state index contributed by atoms with van der Waals surface area (Å²) >= 11 is 0. The lowest BCUT2D eigenvalue weighted by molar-refractivity contribution is 0.0934. The summed E-state index contributed by atoms with van der Waals surface area (Å²) in [6.07, 6.45) is 2.37. The van der Waals surface area contributed by atoms with E-state index in [9.17, 15) is 9.59 Å². The number of aromatic amines is 2. The van der Waals surface area contributed by atoms with Crippen molar-refractivity contribution >= 4 is 5.91 Å². The highest BCUT2D eigenvalue weighted by atomic mass is 16.2. The lowest BCUT2D eigenvalue weighted by Crippen LogP contribution is -2.28. The number of aryl methyl sites for hydroxylation is 2. The molecule has 100 valence electrons. The van der Waals surface area contributed by atoms with E-state index in [4.69, 9.17) is 0 Å². The molecule has 0 radical (unpaired) electrons. The van der Waals surface area contributed by atoms with Crippen LogP contribution in [-0.2, 0) is 0 Å². The Labute approximate surface area is 109 Å². The van der Waals surface area contributed by atoms with Crippen LogP contribution in [0.2, 0.25) is 0 Å². The Morgan fingerprint density at radius 1 is 1.42 bits per heavy atom. The van der Waals surface area contributed by atoms with Crippen molar-refractivity contribution in [3.63, 3.8) is 0 Å². The molecule has 0 aromatic carbocycles. The third kappa shape index (κ3) is 2.70. The molecule has 1 atom stereocenters. The first-order chi connectivity index (χ1) is 8.99. The first-order valence-corrected chi connectivity index (χ1v) is 5.86. The Kier molecular flexibility index (Phi) is 3.46. The maximum absolute atomic E-state index is 12.0. The van der Waals surface area contributed by atoms with E-state index >= 15 is 0 Å². The second-order valence-electron chi connectivity index (χ2n) is 4.34. The molecule has 1 amide bonds. The summed E-state index contributed by atoms with van der Waals surface area (Å²) in [5, 5.41) is 9.78. The summed E-state index contributed by atoms with van der Waals surface area (Å²) < 4.78 is 0. The number of aromatic nitrogens is 4. The Morgan fingerprint density at radius 3 is 2.68 bits per heavy atom. The molecule has 7 nitrogen and oxygen atoms in total. The van der Waals surface area contributed by atoms with Gasteiger partial charge in [0, 0.05) is 17.5 Å². The Balaban J connectivity index is 2.15. The summed E-state index contributed by atoms with van der Waals surface area (Å²) in [5.74, 6) is -0.344. The molecule has 0 fully saturated rings. The van der Waals surface area contributed by atoms with Crippen LogP contribution in [0.4, 0.5) is 0 Å². The van der Waals surface area contributed by atoms with Crippen LogP contribution in [0, 0.1) is 13.8 Å². The van der Waals surface area contributed by atoms with Gasteiger partial charge < -0.3 is 10.3 Å². The molecule has 0 unspecified atom stereocenters. The quantitative estimate of drug-likeness (QED) is 0.752. The van der Waals surface area contributed by atoms with E-state index in [-0.39, 0.29) is 23.2 Å². The third-order valence-electron chi connectivity index (χ3n) is 2.87. The lowest BCUT2D eigenvalue weighted by atomic mass is 10.1. The van der Waals surface area contributed by atoms with Crippen molar-refractivity contribution in [1.29, 1.82) is 0 Å². The van der Waals surface area contributed by atoms with Gasteiger partial charge in [-0.1, -0.05) is 0 Å². The average molecular weight is 261 g/mol. The van der Waals surface area contributed by atoms with Gasteiger partial charge >= 0.3 is 0 Å². The van der Waals surface area contributed by atoms with Gasteiger partial charge in [0.15, 0.2) is 0 Å². The monoisotopic (exact) mass is 261 g/mol. The highest BCUT2D eigenvalue weighted by Crippen LogP contribution is 2.18. The summed E-state index contributed by atoms with van der Waals surface area (Å²) in [7, 11) is 0. The minimum atomic E-state index is -0.344. The van der Waals surface area contributed by atoms with Gasteiger partial charge in [-0.2, -0.15) is 5.10 Å². The normalized spacial score (nSPS) is 12.2. The topological polar surface area (TPSA) is 104 Å². The zero-order valence-corrected chi connectivity index (χ0v) is 10.9. The minimum Gasteiger partial charge on any atom is -0.344 e. The van der Waals surface area contributed by atoms with Crippen LogP contribution >= 0.6 is 0 Å². The number of carbonyl (C=O) groups excluding carboxylic acids is 1. The van der Waals surface area contributed by atoms with Crippen molar-refractivity contribution in [2.24, 2.45) is 0 Å². The number of rotatable bonds is 3. The standard InChI is InChI=1S/C12H15N5O2/c1-6(11-7(2)16-17-8(11)3)15-12(19)9-4-14-10(18)5-13-9/h4-6H,1-3H3,(H,14,18)(H,15,19)(H,16,17)/t6-/m1/s1. The van der Waals surface area contributed by atoms with E-state index in [1.165, 1.54) is 6.20 Å². The Bertz CT molecular complexity index is 618. The van der Waals surface area contributed by atoms with Gasteiger partial charge in [0.2, 0.25) is 0 Å². The zero-order chi connectivity index (χ0) is 14.0. The van der Waals surface area contributed by atoms with Gasteiger partial charge in [0.05, 0.1) is 17.9 Å². The first kappa shape index (κ1) is 13.0. The molecule has 0 aliphatic carbocycles. The molecular formula is C12H15N5O2. The number of carbonyl (C=O) groups is 1. The summed E-state index contributed by atoms with van der Waals surface area (Å²) in [5.41, 5.74) is 2.55. The number of nitrogens with one attached hydrogen (secondary N) is 3. The molecule has 2 aromatic rings. The second kappa shape index (κ2) is 5.05. The van der Waals surface area contributed by atoms with Crippen molar-refractivity contribution in [1.82, 2.24) is 25.5 Å². The predicted molar refractivity (Wildman–Crippen MR) is 68.8 cm³/mol. The fourth-order valence-electron chi connectivity index (χ4n) is 2.01. The average Bonchev–Trinajstić information content (AvgIpc) is 2.69.